The van der Waals surface area contributed by atoms with Crippen LogP contribution in [-0.4, -0.2) is 19.8 Å². The molecule has 0 saturated heterocycles. The van der Waals surface area contributed by atoms with Gasteiger partial charge in [0, 0.05) is 12.1 Å². The molecule has 3 aromatic rings. The number of hydrogen-bond acceptors (Lipinski definition) is 5. The molecule has 86 valence electrons. The monoisotopic (exact) mass is 245 g/mol. The fraction of sp³-hybridized carbons (Fsp3) is 0.182. The van der Waals surface area contributed by atoms with Gasteiger partial charge in [0.25, 0.3) is 0 Å². The molecule has 0 spiro atoms. The molecule has 1 aromatic carbocycles. The Bertz CT molecular complexity index is 652. The van der Waals surface area contributed by atoms with Crippen LogP contribution in [0.1, 0.15) is 10.6 Å². The van der Waals surface area contributed by atoms with Crippen LogP contribution in [0, 0.1) is 6.92 Å². The van der Waals surface area contributed by atoms with Crippen LogP contribution in [-0.2, 0) is 6.54 Å². The van der Waals surface area contributed by atoms with E-state index in [1.807, 2.05) is 24.3 Å². The summed E-state index contributed by atoms with van der Waals surface area (Å²) in [6.45, 7) is 2.49. The number of rotatable bonds is 2. The molecule has 5 nitrogen and oxygen atoms in total. The van der Waals surface area contributed by atoms with E-state index in [1.54, 1.807) is 4.52 Å². The highest BCUT2D eigenvalue weighted by Crippen LogP contribution is 2.21. The average molecular weight is 245 g/mol. The van der Waals surface area contributed by atoms with E-state index in [1.165, 1.54) is 16.9 Å². The van der Waals surface area contributed by atoms with Crippen molar-refractivity contribution in [3.63, 3.8) is 0 Å². The smallest absolute Gasteiger partial charge is 0.235 e. The first-order valence-corrected chi connectivity index (χ1v) is 6.08. The lowest BCUT2D eigenvalue weighted by Crippen LogP contribution is -1.97. The Hall–Kier alpha value is -1.79. The highest BCUT2D eigenvalue weighted by Gasteiger charge is 2.12. The molecular formula is C11H11N5S. The highest BCUT2D eigenvalue weighted by molar-refractivity contribution is 7.16. The van der Waals surface area contributed by atoms with Crippen molar-refractivity contribution in [1.29, 1.82) is 0 Å². The summed E-state index contributed by atoms with van der Waals surface area (Å²) >= 11 is 1.47. The Labute approximate surface area is 102 Å². The number of benzene rings is 1. The standard InChI is InChI=1S/C11H11N5S/c1-7-2-4-8(5-3-7)10-13-14-11-16(10)15-9(6-12)17-11/h2-5H,6,12H2,1H3. The number of aryl methyl sites for hydroxylation is 1. The number of fused-ring (bicyclic) bond motifs is 1. The molecule has 6 heteroatoms. The first-order valence-electron chi connectivity index (χ1n) is 5.26. The Morgan fingerprint density at radius 2 is 2.00 bits per heavy atom. The van der Waals surface area contributed by atoms with Crippen LogP contribution in [0.5, 0.6) is 0 Å². The Morgan fingerprint density at radius 3 is 2.71 bits per heavy atom. The average Bonchev–Trinajstić information content (AvgIpc) is 2.89. The maximum atomic E-state index is 5.57. The molecule has 0 aliphatic carbocycles. The Balaban J connectivity index is 2.16. The number of nitrogens with zero attached hydrogens (tertiary/aromatic N) is 4. The zero-order chi connectivity index (χ0) is 11.8. The highest BCUT2D eigenvalue weighted by atomic mass is 32.1. The number of aromatic nitrogens is 4. The quantitative estimate of drug-likeness (QED) is 0.745. The summed E-state index contributed by atoms with van der Waals surface area (Å²) in [6.07, 6.45) is 0. The Morgan fingerprint density at radius 1 is 1.24 bits per heavy atom. The summed E-state index contributed by atoms with van der Waals surface area (Å²) in [5.74, 6) is 0.760. The molecular weight excluding hydrogens is 234 g/mol. The largest absolute Gasteiger partial charge is 0.324 e. The van der Waals surface area contributed by atoms with E-state index in [0.29, 0.717) is 6.54 Å². The zero-order valence-electron chi connectivity index (χ0n) is 9.29. The van der Waals surface area contributed by atoms with Crippen molar-refractivity contribution in [3.8, 4) is 11.4 Å². The van der Waals surface area contributed by atoms with Crippen LogP contribution in [0.2, 0.25) is 0 Å². The van der Waals surface area contributed by atoms with Crippen molar-refractivity contribution in [1.82, 2.24) is 19.8 Å². The fourth-order valence-corrected chi connectivity index (χ4v) is 2.33. The van der Waals surface area contributed by atoms with Crippen LogP contribution in [0.4, 0.5) is 0 Å². The van der Waals surface area contributed by atoms with Crippen molar-refractivity contribution in [2.24, 2.45) is 5.73 Å². The van der Waals surface area contributed by atoms with E-state index in [9.17, 15) is 0 Å². The van der Waals surface area contributed by atoms with Gasteiger partial charge in [-0.25, -0.2) is 0 Å². The topological polar surface area (TPSA) is 69.1 Å². The SMILES string of the molecule is Cc1ccc(-c2nnc3sc(CN)nn23)cc1. The van der Waals surface area contributed by atoms with Gasteiger partial charge in [0.05, 0.1) is 0 Å². The summed E-state index contributed by atoms with van der Waals surface area (Å²) in [6, 6.07) is 8.14. The van der Waals surface area contributed by atoms with E-state index < -0.39 is 0 Å². The summed E-state index contributed by atoms with van der Waals surface area (Å²) < 4.78 is 1.75. The predicted octanol–water partition coefficient (Wildman–Crippen LogP) is 1.62. The fourth-order valence-electron chi connectivity index (χ4n) is 1.62. The van der Waals surface area contributed by atoms with Gasteiger partial charge in [-0.1, -0.05) is 41.2 Å². The molecule has 0 radical (unpaired) electrons. The molecule has 0 saturated carbocycles. The molecule has 0 aliphatic heterocycles. The molecule has 0 unspecified atom stereocenters. The molecule has 2 heterocycles. The van der Waals surface area contributed by atoms with Crippen molar-refractivity contribution in [2.45, 2.75) is 13.5 Å². The lowest BCUT2D eigenvalue weighted by molar-refractivity contribution is 0.894. The maximum absolute atomic E-state index is 5.57. The third-order valence-electron chi connectivity index (χ3n) is 2.52. The second kappa shape index (κ2) is 3.90. The summed E-state index contributed by atoms with van der Waals surface area (Å²) in [7, 11) is 0. The van der Waals surface area contributed by atoms with Gasteiger partial charge < -0.3 is 5.73 Å². The van der Waals surface area contributed by atoms with Gasteiger partial charge in [0.1, 0.15) is 5.01 Å². The van der Waals surface area contributed by atoms with Gasteiger partial charge in [0.2, 0.25) is 4.96 Å². The summed E-state index contributed by atoms with van der Waals surface area (Å²) in [4.78, 5) is 0.779. The van der Waals surface area contributed by atoms with Crippen LogP contribution >= 0.6 is 11.3 Å². The Kier molecular flexibility index (Phi) is 2.38. The molecule has 0 amide bonds. The van der Waals surface area contributed by atoms with Gasteiger partial charge in [-0.2, -0.15) is 9.61 Å². The summed E-state index contributed by atoms with van der Waals surface area (Å²) in [5.41, 5.74) is 7.80. The van der Waals surface area contributed by atoms with Crippen LogP contribution in [0.15, 0.2) is 24.3 Å². The number of nitrogens with two attached hydrogens (primary N) is 1. The minimum atomic E-state index is 0.432. The third-order valence-corrected chi connectivity index (χ3v) is 3.44. The predicted molar refractivity (Wildman–Crippen MR) is 66.7 cm³/mol. The maximum Gasteiger partial charge on any atom is 0.235 e. The van der Waals surface area contributed by atoms with Crippen LogP contribution in [0.25, 0.3) is 16.3 Å². The van der Waals surface area contributed by atoms with Gasteiger partial charge in [-0.15, -0.1) is 10.2 Å². The van der Waals surface area contributed by atoms with E-state index in [0.717, 1.165) is 21.4 Å². The van der Waals surface area contributed by atoms with Gasteiger partial charge in [-0.3, -0.25) is 0 Å². The molecule has 3 rings (SSSR count). The minimum absolute atomic E-state index is 0.432. The van der Waals surface area contributed by atoms with E-state index in [4.69, 9.17) is 5.73 Å². The molecule has 0 aliphatic rings. The summed E-state index contributed by atoms with van der Waals surface area (Å²) in [5, 5.41) is 13.5. The van der Waals surface area contributed by atoms with E-state index in [2.05, 4.69) is 22.2 Å². The minimum Gasteiger partial charge on any atom is -0.324 e. The van der Waals surface area contributed by atoms with E-state index >= 15 is 0 Å². The molecule has 0 bridgehead atoms. The number of hydrogen-bond donors (Lipinski definition) is 1. The molecule has 17 heavy (non-hydrogen) atoms. The second-order valence-corrected chi connectivity index (χ2v) is 4.82. The van der Waals surface area contributed by atoms with Crippen molar-refractivity contribution < 1.29 is 0 Å². The lowest BCUT2D eigenvalue weighted by atomic mass is 10.1. The first-order chi connectivity index (χ1) is 8.28. The van der Waals surface area contributed by atoms with Crippen LogP contribution in [0.3, 0.4) is 0 Å². The molecule has 0 atom stereocenters. The zero-order valence-corrected chi connectivity index (χ0v) is 10.1. The third kappa shape index (κ3) is 1.71. The normalized spacial score (nSPS) is 11.2. The van der Waals surface area contributed by atoms with Crippen molar-refractivity contribution in [2.75, 3.05) is 0 Å². The van der Waals surface area contributed by atoms with Crippen LogP contribution < -0.4 is 5.73 Å². The first kappa shape index (κ1) is 10.4. The van der Waals surface area contributed by atoms with Crippen molar-refractivity contribution in [3.05, 3.63) is 34.8 Å². The molecule has 2 aromatic heterocycles. The van der Waals surface area contributed by atoms with Gasteiger partial charge in [-0.05, 0) is 6.92 Å². The molecule has 0 fully saturated rings. The second-order valence-electron chi connectivity index (χ2n) is 3.78. The van der Waals surface area contributed by atoms with Crippen molar-refractivity contribution >= 4 is 16.3 Å². The lowest BCUT2D eigenvalue weighted by Gasteiger charge is -1.97. The molecule has 2 N–H and O–H groups in total. The van der Waals surface area contributed by atoms with Gasteiger partial charge in [0.15, 0.2) is 5.82 Å². The van der Waals surface area contributed by atoms with Gasteiger partial charge >= 0.3 is 0 Å². The van der Waals surface area contributed by atoms with E-state index in [-0.39, 0.29) is 0 Å².